The summed E-state index contributed by atoms with van der Waals surface area (Å²) in [5, 5.41) is 6.97. The lowest BCUT2D eigenvalue weighted by Gasteiger charge is -2.18. The van der Waals surface area contributed by atoms with Crippen molar-refractivity contribution >= 4 is 24.0 Å². The van der Waals surface area contributed by atoms with Crippen LogP contribution < -0.4 is 10.6 Å². The Morgan fingerprint density at radius 2 is 2.26 bits per heavy atom. The molecule has 0 unspecified atom stereocenters. The topological polar surface area (TPSA) is 44.4 Å². The molecule has 1 fully saturated rings. The summed E-state index contributed by atoms with van der Waals surface area (Å²) in [6.07, 6.45) is 1.04. The number of carbonyl (C=O) groups is 1. The van der Waals surface area contributed by atoms with Crippen LogP contribution in [0.3, 0.4) is 0 Å². The number of rotatable bonds is 2. The fourth-order valence-electron chi connectivity index (χ4n) is 2.85. The van der Waals surface area contributed by atoms with Gasteiger partial charge in [-0.15, -0.1) is 12.4 Å². The van der Waals surface area contributed by atoms with Crippen LogP contribution in [0.2, 0.25) is 0 Å². The highest BCUT2D eigenvalue weighted by atomic mass is 35.5. The molecule has 4 nitrogen and oxygen atoms in total. The Hall–Kier alpha value is -1.26. The van der Waals surface area contributed by atoms with Gasteiger partial charge >= 0.3 is 0 Å². The van der Waals surface area contributed by atoms with Crippen molar-refractivity contribution in [3.05, 3.63) is 29.3 Å². The van der Waals surface area contributed by atoms with Crippen molar-refractivity contribution in [2.45, 2.75) is 32.5 Å². The Bertz CT molecular complexity index is 478. The lowest BCUT2D eigenvalue weighted by atomic mass is 10.1. The van der Waals surface area contributed by atoms with Crippen LogP contribution in [0, 0.1) is 0 Å². The average Bonchev–Trinajstić information content (AvgIpc) is 2.97. The van der Waals surface area contributed by atoms with Gasteiger partial charge in [-0.05, 0) is 23.6 Å². The first-order chi connectivity index (χ1) is 8.74. The van der Waals surface area contributed by atoms with E-state index in [1.807, 2.05) is 4.90 Å². The molecule has 1 aromatic rings. The lowest BCUT2D eigenvalue weighted by Crippen LogP contribution is -2.29. The van der Waals surface area contributed by atoms with E-state index in [0.717, 1.165) is 32.6 Å². The molecule has 3 rings (SSSR count). The highest BCUT2D eigenvalue weighted by Gasteiger charge is 2.25. The fraction of sp³-hybridized carbons (Fsp3) is 0.500. The summed E-state index contributed by atoms with van der Waals surface area (Å²) < 4.78 is 0. The molecule has 1 amide bonds. The van der Waals surface area contributed by atoms with Gasteiger partial charge in [-0.2, -0.15) is 0 Å². The minimum absolute atomic E-state index is 0. The maximum Gasteiger partial charge on any atom is 0.219 e. The van der Waals surface area contributed by atoms with Crippen LogP contribution in [-0.2, 0) is 17.9 Å². The number of hydrogen-bond donors (Lipinski definition) is 2. The van der Waals surface area contributed by atoms with Gasteiger partial charge in [0.1, 0.15) is 0 Å². The zero-order chi connectivity index (χ0) is 12.5. The molecule has 2 heterocycles. The van der Waals surface area contributed by atoms with Gasteiger partial charge in [0.05, 0.1) is 0 Å². The molecule has 0 radical (unpaired) electrons. The smallest absolute Gasteiger partial charge is 0.219 e. The number of benzene rings is 1. The van der Waals surface area contributed by atoms with E-state index in [1.165, 1.54) is 16.8 Å². The summed E-state index contributed by atoms with van der Waals surface area (Å²) in [7, 11) is 0. The third kappa shape index (κ3) is 2.85. The maximum absolute atomic E-state index is 11.3. The predicted octanol–water partition coefficient (Wildman–Crippen LogP) is 1.74. The second kappa shape index (κ2) is 5.80. The van der Waals surface area contributed by atoms with Crippen molar-refractivity contribution in [3.8, 4) is 0 Å². The molecular weight excluding hydrogens is 262 g/mol. The zero-order valence-corrected chi connectivity index (χ0v) is 11.9. The number of amides is 1. The van der Waals surface area contributed by atoms with Gasteiger partial charge in [0, 0.05) is 44.8 Å². The molecule has 19 heavy (non-hydrogen) atoms. The van der Waals surface area contributed by atoms with E-state index in [0.29, 0.717) is 6.04 Å². The van der Waals surface area contributed by atoms with E-state index in [9.17, 15) is 4.79 Å². The molecular formula is C14H20ClN3O. The van der Waals surface area contributed by atoms with E-state index < -0.39 is 0 Å². The van der Waals surface area contributed by atoms with Crippen LogP contribution in [-0.4, -0.2) is 29.9 Å². The SMILES string of the molecule is CC(=O)N1CC[C@@H](Nc2cccc3c2CNC3)C1.Cl. The van der Waals surface area contributed by atoms with Crippen molar-refractivity contribution in [3.63, 3.8) is 0 Å². The molecule has 0 aromatic heterocycles. The normalized spacial score (nSPS) is 20.9. The fourth-order valence-corrected chi connectivity index (χ4v) is 2.85. The number of carbonyl (C=O) groups excluding carboxylic acids is 1. The summed E-state index contributed by atoms with van der Waals surface area (Å²) in [4.78, 5) is 13.2. The van der Waals surface area contributed by atoms with Gasteiger partial charge in [0.15, 0.2) is 0 Å². The first-order valence-corrected chi connectivity index (χ1v) is 6.57. The number of fused-ring (bicyclic) bond motifs is 1. The van der Waals surface area contributed by atoms with Crippen LogP contribution in [0.25, 0.3) is 0 Å². The second-order valence-electron chi connectivity index (χ2n) is 5.14. The quantitative estimate of drug-likeness (QED) is 0.868. The summed E-state index contributed by atoms with van der Waals surface area (Å²) in [6, 6.07) is 6.81. The zero-order valence-electron chi connectivity index (χ0n) is 11.1. The molecule has 0 aliphatic carbocycles. The second-order valence-corrected chi connectivity index (χ2v) is 5.14. The Morgan fingerprint density at radius 1 is 1.42 bits per heavy atom. The number of halogens is 1. The maximum atomic E-state index is 11.3. The van der Waals surface area contributed by atoms with E-state index in [1.54, 1.807) is 6.92 Å². The number of nitrogens with one attached hydrogen (secondary N) is 2. The Balaban J connectivity index is 0.00000133. The van der Waals surface area contributed by atoms with Crippen LogP contribution in [0.4, 0.5) is 5.69 Å². The van der Waals surface area contributed by atoms with Crippen molar-refractivity contribution in [2.75, 3.05) is 18.4 Å². The Kier molecular flexibility index (Phi) is 4.32. The molecule has 1 atom stereocenters. The standard InChI is InChI=1S/C14H19N3O.ClH/c1-10(18)17-6-5-12(9-17)16-14-4-2-3-11-7-15-8-13(11)14;/h2-4,12,15-16H,5-9H2,1H3;1H/t12-;/m1./s1. The number of likely N-dealkylation sites (tertiary alicyclic amines) is 1. The van der Waals surface area contributed by atoms with Crippen molar-refractivity contribution in [1.29, 1.82) is 0 Å². The van der Waals surface area contributed by atoms with Crippen LogP contribution in [0.15, 0.2) is 18.2 Å². The highest BCUT2D eigenvalue weighted by Crippen LogP contribution is 2.26. The van der Waals surface area contributed by atoms with Gasteiger partial charge in [-0.1, -0.05) is 12.1 Å². The molecule has 2 aliphatic heterocycles. The number of anilines is 1. The highest BCUT2D eigenvalue weighted by molar-refractivity contribution is 5.85. The third-order valence-electron chi connectivity index (χ3n) is 3.88. The molecule has 0 spiro atoms. The predicted molar refractivity (Wildman–Crippen MR) is 78.5 cm³/mol. The van der Waals surface area contributed by atoms with Crippen LogP contribution >= 0.6 is 12.4 Å². The van der Waals surface area contributed by atoms with Crippen molar-refractivity contribution in [1.82, 2.24) is 10.2 Å². The molecule has 2 N–H and O–H groups in total. The van der Waals surface area contributed by atoms with Gasteiger partial charge in [0.2, 0.25) is 5.91 Å². The van der Waals surface area contributed by atoms with E-state index in [-0.39, 0.29) is 18.3 Å². The average molecular weight is 282 g/mol. The molecule has 5 heteroatoms. The number of hydrogen-bond acceptors (Lipinski definition) is 3. The van der Waals surface area contributed by atoms with Crippen LogP contribution in [0.5, 0.6) is 0 Å². The molecule has 104 valence electrons. The Morgan fingerprint density at radius 3 is 3.00 bits per heavy atom. The van der Waals surface area contributed by atoms with Gasteiger partial charge in [0.25, 0.3) is 0 Å². The van der Waals surface area contributed by atoms with E-state index in [2.05, 4.69) is 28.8 Å². The van der Waals surface area contributed by atoms with Gasteiger partial charge < -0.3 is 15.5 Å². The Labute approximate surface area is 120 Å². The molecule has 0 bridgehead atoms. The minimum atomic E-state index is 0. The van der Waals surface area contributed by atoms with E-state index >= 15 is 0 Å². The molecule has 1 aromatic carbocycles. The number of nitrogens with zero attached hydrogens (tertiary/aromatic N) is 1. The molecule has 1 saturated heterocycles. The van der Waals surface area contributed by atoms with Gasteiger partial charge in [-0.25, -0.2) is 0 Å². The summed E-state index contributed by atoms with van der Waals surface area (Å²) in [6.45, 7) is 5.26. The molecule has 2 aliphatic rings. The summed E-state index contributed by atoms with van der Waals surface area (Å²) in [5.74, 6) is 0.180. The van der Waals surface area contributed by atoms with Crippen LogP contribution in [0.1, 0.15) is 24.5 Å². The van der Waals surface area contributed by atoms with Crippen molar-refractivity contribution in [2.24, 2.45) is 0 Å². The monoisotopic (exact) mass is 281 g/mol. The van der Waals surface area contributed by atoms with E-state index in [4.69, 9.17) is 0 Å². The first-order valence-electron chi connectivity index (χ1n) is 6.57. The summed E-state index contributed by atoms with van der Waals surface area (Å²) >= 11 is 0. The largest absolute Gasteiger partial charge is 0.380 e. The van der Waals surface area contributed by atoms with Gasteiger partial charge in [-0.3, -0.25) is 4.79 Å². The minimum Gasteiger partial charge on any atom is -0.380 e. The first kappa shape index (κ1) is 14.2. The summed E-state index contributed by atoms with van der Waals surface area (Å²) in [5.41, 5.74) is 4.01. The molecule has 0 saturated carbocycles. The van der Waals surface area contributed by atoms with Crippen molar-refractivity contribution < 1.29 is 4.79 Å². The lowest BCUT2D eigenvalue weighted by molar-refractivity contribution is -0.127. The third-order valence-corrected chi connectivity index (χ3v) is 3.88.